The average molecular weight is 706 g/mol. The van der Waals surface area contributed by atoms with Crippen molar-refractivity contribution in [1.29, 1.82) is 0 Å². The number of H-pyrrole nitrogens is 1. The number of piperidine rings is 1. The van der Waals surface area contributed by atoms with Crippen LogP contribution in [0.1, 0.15) is 47.4 Å². The lowest BCUT2D eigenvalue weighted by Crippen LogP contribution is -2.52. The molecule has 2 aliphatic heterocycles. The van der Waals surface area contributed by atoms with Crippen LogP contribution in [-0.4, -0.2) is 72.4 Å². The van der Waals surface area contributed by atoms with Gasteiger partial charge in [-0.15, -0.1) is 0 Å². The molecular formula is C40H31N7O6. The third-order valence-corrected chi connectivity index (χ3v) is 9.75. The van der Waals surface area contributed by atoms with Crippen molar-refractivity contribution in [1.82, 2.24) is 35.1 Å². The van der Waals surface area contributed by atoms with E-state index in [0.29, 0.717) is 35.2 Å². The average Bonchev–Trinajstić information content (AvgIpc) is 3.69. The third kappa shape index (κ3) is 6.46. The summed E-state index contributed by atoms with van der Waals surface area (Å²) in [5, 5.41) is 4.56. The van der Waals surface area contributed by atoms with Crippen molar-refractivity contribution >= 4 is 39.5 Å². The summed E-state index contributed by atoms with van der Waals surface area (Å²) < 4.78 is 17.9. The Morgan fingerprint density at radius 2 is 1.66 bits per heavy atom. The van der Waals surface area contributed by atoms with Crippen LogP contribution in [0.2, 0.25) is 0 Å². The molecule has 1 unspecified atom stereocenters. The summed E-state index contributed by atoms with van der Waals surface area (Å²) in [6.07, 6.45) is 10.7. The second-order valence-electron chi connectivity index (χ2n) is 13.2. The van der Waals surface area contributed by atoms with Crippen molar-refractivity contribution in [2.75, 3.05) is 6.61 Å². The number of carbonyl (C=O) groups excluding carboxylic acids is 3. The van der Waals surface area contributed by atoms with Gasteiger partial charge in [-0.3, -0.25) is 24.7 Å². The topological polar surface area (TPSA) is 162 Å². The Kier molecular flexibility index (Phi) is 8.11. The van der Waals surface area contributed by atoms with Gasteiger partial charge in [0, 0.05) is 83.4 Å². The van der Waals surface area contributed by atoms with Crippen molar-refractivity contribution in [3.8, 4) is 40.3 Å². The second-order valence-corrected chi connectivity index (χ2v) is 13.2. The number of ether oxygens (including phenoxy) is 3. The smallest absolute Gasteiger partial charge is 0.255 e. The summed E-state index contributed by atoms with van der Waals surface area (Å²) in [5.74, 6) is 6.82. The molecule has 13 nitrogen and oxygen atoms in total. The molecule has 53 heavy (non-hydrogen) atoms. The molecule has 13 heteroatoms. The van der Waals surface area contributed by atoms with Crippen LogP contribution >= 0.6 is 0 Å². The zero-order valence-corrected chi connectivity index (χ0v) is 28.2. The molecule has 2 aromatic carbocycles. The van der Waals surface area contributed by atoms with E-state index in [2.05, 4.69) is 60.3 Å². The zero-order valence-electron chi connectivity index (χ0n) is 28.2. The van der Waals surface area contributed by atoms with Crippen LogP contribution in [0, 0.1) is 11.8 Å². The number of pyridine rings is 2. The number of hydrogen-bond acceptors (Lipinski definition) is 10. The van der Waals surface area contributed by atoms with E-state index in [1.54, 1.807) is 36.8 Å². The fourth-order valence-corrected chi connectivity index (χ4v) is 6.94. The molecule has 6 heterocycles. The normalized spacial score (nSPS) is 19.3. The van der Waals surface area contributed by atoms with Gasteiger partial charge in [0.15, 0.2) is 5.75 Å². The quantitative estimate of drug-likeness (QED) is 0.167. The lowest BCUT2D eigenvalue weighted by atomic mass is 9.92. The predicted octanol–water partition coefficient (Wildman–Crippen LogP) is 4.75. The molecule has 1 saturated carbocycles. The summed E-state index contributed by atoms with van der Waals surface area (Å²) in [6, 6.07) is 16.7. The minimum Gasteiger partial charge on any atom is -0.487 e. The molecule has 0 spiro atoms. The van der Waals surface area contributed by atoms with Crippen molar-refractivity contribution in [2.24, 2.45) is 0 Å². The van der Waals surface area contributed by atoms with Crippen LogP contribution in [-0.2, 0) is 16.1 Å². The summed E-state index contributed by atoms with van der Waals surface area (Å²) in [6.45, 7) is 0.362. The van der Waals surface area contributed by atoms with E-state index in [1.807, 2.05) is 30.6 Å². The molecule has 0 bridgehead atoms. The first-order valence-electron chi connectivity index (χ1n) is 17.3. The van der Waals surface area contributed by atoms with Crippen LogP contribution in [0.15, 0.2) is 85.6 Å². The minimum absolute atomic E-state index is 0.00911. The molecule has 4 aromatic heterocycles. The maximum Gasteiger partial charge on any atom is 0.255 e. The molecule has 3 amide bonds. The lowest BCUT2D eigenvalue weighted by Gasteiger charge is -2.34. The Morgan fingerprint density at radius 1 is 0.811 bits per heavy atom. The van der Waals surface area contributed by atoms with E-state index >= 15 is 0 Å². The van der Waals surface area contributed by atoms with Crippen molar-refractivity contribution in [3.63, 3.8) is 0 Å². The van der Waals surface area contributed by atoms with E-state index in [-0.39, 0.29) is 43.6 Å². The summed E-state index contributed by atoms with van der Waals surface area (Å²) in [7, 11) is 0. The van der Waals surface area contributed by atoms with Gasteiger partial charge in [0.1, 0.15) is 30.6 Å². The number of benzene rings is 2. The Bertz CT molecular complexity index is 2460. The van der Waals surface area contributed by atoms with E-state index < -0.39 is 11.9 Å². The van der Waals surface area contributed by atoms with Crippen LogP contribution in [0.25, 0.3) is 32.9 Å². The fourth-order valence-electron chi connectivity index (χ4n) is 6.94. The lowest BCUT2D eigenvalue weighted by molar-refractivity contribution is -0.136. The number of carbonyl (C=O) groups is 3. The van der Waals surface area contributed by atoms with Crippen LogP contribution in [0.5, 0.6) is 17.4 Å². The number of aromatic amines is 1. The highest BCUT2D eigenvalue weighted by Crippen LogP contribution is 2.33. The molecule has 0 radical (unpaired) electrons. The highest BCUT2D eigenvalue weighted by molar-refractivity contribution is 6.08. The van der Waals surface area contributed by atoms with Gasteiger partial charge in [-0.1, -0.05) is 18.1 Å². The number of amides is 3. The van der Waals surface area contributed by atoms with Gasteiger partial charge in [0.2, 0.25) is 23.5 Å². The number of rotatable bonds is 8. The molecule has 262 valence electrons. The SMILES string of the molecule is O=C1CCC(N2Cc3cc(OCC#Cc4ncc(OC5CC(Oc6ccc(-c7ccc8c(c7)[nH]c7ccncc78)cn6)C5)cn4)ccc3C2=O)C(=O)N1. The van der Waals surface area contributed by atoms with E-state index in [0.717, 1.165) is 51.3 Å². The number of aromatic nitrogens is 5. The highest BCUT2D eigenvalue weighted by Gasteiger charge is 2.39. The molecule has 6 aromatic rings. The first-order valence-corrected chi connectivity index (χ1v) is 17.3. The Hall–Kier alpha value is -6.81. The molecule has 2 fully saturated rings. The molecule has 1 saturated heterocycles. The summed E-state index contributed by atoms with van der Waals surface area (Å²) >= 11 is 0. The first-order chi connectivity index (χ1) is 25.9. The van der Waals surface area contributed by atoms with Gasteiger partial charge in [-0.25, -0.2) is 15.0 Å². The summed E-state index contributed by atoms with van der Waals surface area (Å²) in [4.78, 5) is 59.0. The van der Waals surface area contributed by atoms with Crippen LogP contribution in [0.4, 0.5) is 0 Å². The largest absolute Gasteiger partial charge is 0.487 e. The number of nitrogens with zero attached hydrogens (tertiary/aromatic N) is 5. The number of fused-ring (bicyclic) bond motifs is 4. The van der Waals surface area contributed by atoms with E-state index in [4.69, 9.17) is 14.2 Å². The third-order valence-electron chi connectivity index (χ3n) is 9.75. The van der Waals surface area contributed by atoms with Crippen LogP contribution < -0.4 is 19.5 Å². The van der Waals surface area contributed by atoms with E-state index in [1.165, 1.54) is 4.90 Å². The van der Waals surface area contributed by atoms with Gasteiger partial charge >= 0.3 is 0 Å². The Labute approximate surface area is 302 Å². The van der Waals surface area contributed by atoms with Crippen molar-refractivity contribution < 1.29 is 28.6 Å². The number of nitrogens with one attached hydrogen (secondary N) is 2. The monoisotopic (exact) mass is 705 g/mol. The second kappa shape index (κ2) is 13.4. The highest BCUT2D eigenvalue weighted by atomic mass is 16.5. The number of imide groups is 1. The summed E-state index contributed by atoms with van der Waals surface area (Å²) in [5.41, 5.74) is 5.47. The maximum absolute atomic E-state index is 12.9. The minimum atomic E-state index is -0.662. The van der Waals surface area contributed by atoms with Crippen LogP contribution in [0.3, 0.4) is 0 Å². The van der Waals surface area contributed by atoms with Gasteiger partial charge in [-0.2, -0.15) is 0 Å². The van der Waals surface area contributed by atoms with Crippen molar-refractivity contribution in [3.05, 3.63) is 103 Å². The Morgan fingerprint density at radius 3 is 2.49 bits per heavy atom. The molecule has 3 aliphatic rings. The standard InChI is InChI=1S/C40H31N7O6/c48-37-9-8-35(39(49)46-37)47-22-25-14-26(5-7-30(25)40(47)50)51-13-1-2-36-42-19-29(20-43-36)52-27-16-28(17-27)53-38-10-4-24(18-44-38)23-3-6-31-32-21-41-12-11-33(32)45-34(31)15-23/h3-7,10-12,14-15,18-21,27-28,35,45H,8-9,13,16-17,22H2,(H,46,48,49). The molecule has 2 N–H and O–H groups in total. The van der Waals surface area contributed by atoms with Gasteiger partial charge in [-0.05, 0) is 59.9 Å². The van der Waals surface area contributed by atoms with Gasteiger partial charge in [0.05, 0.1) is 12.4 Å². The Balaban J connectivity index is 0.724. The zero-order chi connectivity index (χ0) is 35.9. The predicted molar refractivity (Wildman–Crippen MR) is 192 cm³/mol. The number of hydrogen-bond donors (Lipinski definition) is 2. The maximum atomic E-state index is 12.9. The first kappa shape index (κ1) is 32.1. The molecule has 1 aliphatic carbocycles. The van der Waals surface area contributed by atoms with Gasteiger partial charge < -0.3 is 24.1 Å². The van der Waals surface area contributed by atoms with Crippen molar-refractivity contribution in [2.45, 2.75) is 50.5 Å². The van der Waals surface area contributed by atoms with E-state index in [9.17, 15) is 14.4 Å². The molecule has 1 atom stereocenters. The fraction of sp³-hybridized carbons (Fsp3) is 0.225. The van der Waals surface area contributed by atoms with Gasteiger partial charge in [0.25, 0.3) is 5.91 Å². The molecular weight excluding hydrogens is 674 g/mol. The molecule has 9 rings (SSSR count).